The van der Waals surface area contributed by atoms with Gasteiger partial charge in [0.05, 0.1) is 5.69 Å². The second-order valence-electron chi connectivity index (χ2n) is 8.37. The number of likely N-dealkylation sites (N-methyl/N-ethyl adjacent to an activating group) is 1. The Morgan fingerprint density at radius 2 is 1.77 bits per heavy atom. The summed E-state index contributed by atoms with van der Waals surface area (Å²) in [6.07, 6.45) is 3.83. The van der Waals surface area contributed by atoms with Crippen LogP contribution in [0, 0.1) is 0 Å². The molecule has 1 aliphatic heterocycles. The molecule has 0 saturated carbocycles. The van der Waals surface area contributed by atoms with Crippen LogP contribution in [0.1, 0.15) is 31.7 Å². The Hall–Kier alpha value is -2.93. The van der Waals surface area contributed by atoms with Gasteiger partial charge >= 0.3 is 0 Å². The average molecular weight is 408 g/mol. The summed E-state index contributed by atoms with van der Waals surface area (Å²) in [5.41, 5.74) is 3.43. The first-order chi connectivity index (χ1) is 14.4. The molecule has 1 aliphatic rings. The van der Waals surface area contributed by atoms with Gasteiger partial charge in [-0.3, -0.25) is 9.59 Å². The first kappa shape index (κ1) is 20.3. The van der Waals surface area contributed by atoms with Crippen LogP contribution in [0.4, 0.5) is 0 Å². The molecule has 2 aromatic heterocycles. The third kappa shape index (κ3) is 4.16. The Morgan fingerprint density at radius 1 is 1.07 bits per heavy atom. The van der Waals surface area contributed by atoms with E-state index in [0.717, 1.165) is 37.4 Å². The van der Waals surface area contributed by atoms with Gasteiger partial charge in [-0.05, 0) is 24.6 Å². The summed E-state index contributed by atoms with van der Waals surface area (Å²) in [4.78, 5) is 29.5. The van der Waals surface area contributed by atoms with Crippen LogP contribution in [0.5, 0.6) is 0 Å². The van der Waals surface area contributed by atoms with E-state index in [1.165, 1.54) is 5.56 Å². The zero-order valence-electron chi connectivity index (χ0n) is 17.9. The number of carbonyl (C=O) groups is 1. The highest BCUT2D eigenvalue weighted by Crippen LogP contribution is 2.22. The molecule has 7 nitrogen and oxygen atoms in total. The maximum atomic E-state index is 12.9. The number of aryl methyl sites for hydroxylation is 1. The Balaban J connectivity index is 1.50. The number of piperazine rings is 1. The number of fused-ring (bicyclic) bond motifs is 1. The van der Waals surface area contributed by atoms with Crippen LogP contribution in [0.15, 0.2) is 47.5 Å². The maximum absolute atomic E-state index is 12.9. The van der Waals surface area contributed by atoms with Gasteiger partial charge in [0.25, 0.3) is 5.56 Å². The van der Waals surface area contributed by atoms with E-state index in [1.54, 1.807) is 21.5 Å². The topological polar surface area (TPSA) is 62.9 Å². The minimum atomic E-state index is -0.124. The van der Waals surface area contributed by atoms with Crippen molar-refractivity contribution in [2.75, 3.05) is 33.2 Å². The molecule has 3 heterocycles. The standard InChI is InChI=1S/C23H29N5O2/c1-17(2)18-4-6-19(7-5-18)20-16-21-23(30)27(14-15-28(21)24-20)9-8-22(29)26-12-10-25(3)11-13-26/h4-7,14-17H,8-13H2,1-3H3. The molecule has 1 amide bonds. The SMILES string of the molecule is CC(C)c1ccc(-c2cc3c(=O)n(CCC(=O)N4CCN(C)CC4)ccn3n2)cc1. The summed E-state index contributed by atoms with van der Waals surface area (Å²) in [7, 11) is 2.06. The number of aromatic nitrogens is 3. The minimum Gasteiger partial charge on any atom is -0.340 e. The fourth-order valence-corrected chi connectivity index (χ4v) is 3.81. The molecule has 1 aromatic carbocycles. The third-order valence-corrected chi connectivity index (χ3v) is 5.90. The Bertz CT molecular complexity index is 1090. The second-order valence-corrected chi connectivity index (χ2v) is 8.37. The minimum absolute atomic E-state index is 0.106. The van der Waals surface area contributed by atoms with Gasteiger partial charge in [-0.1, -0.05) is 38.1 Å². The summed E-state index contributed by atoms with van der Waals surface area (Å²) >= 11 is 0. The van der Waals surface area contributed by atoms with Crippen molar-refractivity contribution in [2.45, 2.75) is 32.7 Å². The van der Waals surface area contributed by atoms with Gasteiger partial charge in [0.2, 0.25) is 5.91 Å². The quantitative estimate of drug-likeness (QED) is 0.652. The molecule has 0 spiro atoms. The molecule has 3 aromatic rings. The van der Waals surface area contributed by atoms with Crippen molar-refractivity contribution in [2.24, 2.45) is 0 Å². The number of carbonyl (C=O) groups excluding carboxylic acids is 1. The molecule has 0 atom stereocenters. The van der Waals surface area contributed by atoms with Crippen molar-refractivity contribution in [3.8, 4) is 11.3 Å². The fourth-order valence-electron chi connectivity index (χ4n) is 3.81. The Labute approximate surface area is 176 Å². The first-order valence-corrected chi connectivity index (χ1v) is 10.6. The fraction of sp³-hybridized carbons (Fsp3) is 0.435. The highest BCUT2D eigenvalue weighted by atomic mass is 16.2. The van der Waals surface area contributed by atoms with Crippen molar-refractivity contribution in [1.29, 1.82) is 0 Å². The number of rotatable bonds is 5. The van der Waals surface area contributed by atoms with Gasteiger partial charge in [0.15, 0.2) is 0 Å². The number of nitrogens with zero attached hydrogens (tertiary/aromatic N) is 5. The lowest BCUT2D eigenvalue weighted by molar-refractivity contribution is -0.133. The van der Waals surface area contributed by atoms with Gasteiger partial charge < -0.3 is 14.4 Å². The maximum Gasteiger partial charge on any atom is 0.276 e. The zero-order chi connectivity index (χ0) is 21.3. The van der Waals surface area contributed by atoms with Crippen LogP contribution in [0.3, 0.4) is 0 Å². The lowest BCUT2D eigenvalue weighted by atomic mass is 10.0. The van der Waals surface area contributed by atoms with Gasteiger partial charge in [0.1, 0.15) is 5.52 Å². The molecule has 1 fully saturated rings. The lowest BCUT2D eigenvalue weighted by Gasteiger charge is -2.32. The van der Waals surface area contributed by atoms with E-state index in [0.29, 0.717) is 24.4 Å². The molecule has 4 rings (SSSR count). The van der Waals surface area contributed by atoms with E-state index >= 15 is 0 Å². The van der Waals surface area contributed by atoms with Crippen LogP contribution >= 0.6 is 0 Å². The molecule has 0 unspecified atom stereocenters. The molecule has 158 valence electrons. The van der Waals surface area contributed by atoms with Crippen LogP contribution in [0.2, 0.25) is 0 Å². The second kappa shape index (κ2) is 8.44. The predicted molar refractivity (Wildman–Crippen MR) is 118 cm³/mol. The summed E-state index contributed by atoms with van der Waals surface area (Å²) < 4.78 is 3.23. The summed E-state index contributed by atoms with van der Waals surface area (Å²) in [6, 6.07) is 10.1. The molecule has 0 bridgehead atoms. The first-order valence-electron chi connectivity index (χ1n) is 10.6. The van der Waals surface area contributed by atoms with Gasteiger partial charge in [0, 0.05) is 57.1 Å². The molecular formula is C23H29N5O2. The summed E-state index contributed by atoms with van der Waals surface area (Å²) in [5.74, 6) is 0.579. The van der Waals surface area contributed by atoms with E-state index in [2.05, 4.69) is 43.0 Å². The van der Waals surface area contributed by atoms with Crippen LogP contribution < -0.4 is 5.56 Å². The molecule has 30 heavy (non-hydrogen) atoms. The lowest BCUT2D eigenvalue weighted by Crippen LogP contribution is -2.47. The van der Waals surface area contributed by atoms with Crippen molar-refractivity contribution >= 4 is 11.4 Å². The average Bonchev–Trinajstić information content (AvgIpc) is 3.19. The third-order valence-electron chi connectivity index (χ3n) is 5.90. The van der Waals surface area contributed by atoms with Crippen molar-refractivity contribution in [3.63, 3.8) is 0 Å². The van der Waals surface area contributed by atoms with Crippen LogP contribution in [-0.4, -0.2) is 63.1 Å². The highest BCUT2D eigenvalue weighted by molar-refractivity contribution is 5.76. The number of hydrogen-bond acceptors (Lipinski definition) is 4. The molecule has 0 radical (unpaired) electrons. The van der Waals surface area contributed by atoms with Crippen LogP contribution in [-0.2, 0) is 11.3 Å². The van der Waals surface area contributed by atoms with E-state index in [-0.39, 0.29) is 11.5 Å². The van der Waals surface area contributed by atoms with Gasteiger partial charge in [-0.2, -0.15) is 5.10 Å². The normalized spacial score (nSPS) is 15.3. The van der Waals surface area contributed by atoms with E-state index in [9.17, 15) is 9.59 Å². The van der Waals surface area contributed by atoms with E-state index < -0.39 is 0 Å². The van der Waals surface area contributed by atoms with Gasteiger partial charge in [-0.25, -0.2) is 4.52 Å². The number of amides is 1. The summed E-state index contributed by atoms with van der Waals surface area (Å²) in [5, 5.41) is 4.56. The molecule has 0 N–H and O–H groups in total. The Kier molecular flexibility index (Phi) is 5.72. The number of benzene rings is 1. The molecular weight excluding hydrogens is 378 g/mol. The number of hydrogen-bond donors (Lipinski definition) is 0. The monoisotopic (exact) mass is 407 g/mol. The summed E-state index contributed by atoms with van der Waals surface area (Å²) in [6.45, 7) is 8.01. The van der Waals surface area contributed by atoms with Crippen molar-refractivity contribution < 1.29 is 4.79 Å². The largest absolute Gasteiger partial charge is 0.340 e. The van der Waals surface area contributed by atoms with Crippen molar-refractivity contribution in [1.82, 2.24) is 24.0 Å². The van der Waals surface area contributed by atoms with E-state index in [1.807, 2.05) is 23.1 Å². The van der Waals surface area contributed by atoms with Crippen LogP contribution in [0.25, 0.3) is 16.8 Å². The highest BCUT2D eigenvalue weighted by Gasteiger charge is 2.19. The van der Waals surface area contributed by atoms with Gasteiger partial charge in [-0.15, -0.1) is 0 Å². The molecule has 7 heteroatoms. The molecule has 1 saturated heterocycles. The van der Waals surface area contributed by atoms with E-state index in [4.69, 9.17) is 0 Å². The zero-order valence-corrected chi connectivity index (χ0v) is 17.9. The predicted octanol–water partition coefficient (Wildman–Crippen LogP) is 2.45. The Morgan fingerprint density at radius 3 is 2.43 bits per heavy atom. The smallest absolute Gasteiger partial charge is 0.276 e. The molecule has 0 aliphatic carbocycles. The van der Waals surface area contributed by atoms with Crippen molar-refractivity contribution in [3.05, 3.63) is 58.6 Å².